The molecule has 41 heavy (non-hydrogen) atoms. The van der Waals surface area contributed by atoms with Gasteiger partial charge in [-0.3, -0.25) is 9.59 Å². The second kappa shape index (κ2) is 33.4. The summed E-state index contributed by atoms with van der Waals surface area (Å²) in [7, 11) is 0. The molecule has 0 aromatic rings. The van der Waals surface area contributed by atoms with Crippen molar-refractivity contribution < 1.29 is 19.1 Å². The van der Waals surface area contributed by atoms with E-state index in [1.807, 2.05) is 6.92 Å². The molecule has 0 saturated carbocycles. The minimum atomic E-state index is -0.366. The number of carbonyl (C=O) groups excluding carboxylic acids is 2. The predicted molar refractivity (Wildman–Crippen MR) is 176 cm³/mol. The van der Waals surface area contributed by atoms with E-state index in [0.29, 0.717) is 12.8 Å². The topological polar surface area (TPSA) is 52.6 Å². The number of rotatable bonds is 33. The zero-order chi connectivity index (χ0) is 30.1. The normalized spacial score (nSPS) is 12.0. The number of hydrogen-bond donors (Lipinski definition) is 0. The molecule has 4 nitrogen and oxygen atoms in total. The van der Waals surface area contributed by atoms with Crippen molar-refractivity contribution in [1.29, 1.82) is 0 Å². The Kier molecular flexibility index (Phi) is 32.6. The predicted octanol–water partition coefficient (Wildman–Crippen LogP) is 12.2. The molecule has 0 N–H and O–H groups in total. The van der Waals surface area contributed by atoms with E-state index in [1.54, 1.807) is 0 Å². The van der Waals surface area contributed by atoms with E-state index >= 15 is 0 Å². The largest absolute Gasteiger partial charge is 0.462 e. The maximum Gasteiger partial charge on any atom is 0.306 e. The van der Waals surface area contributed by atoms with Crippen LogP contribution < -0.4 is 0 Å². The van der Waals surface area contributed by atoms with E-state index in [4.69, 9.17) is 9.47 Å². The first-order chi connectivity index (χ1) is 20.1. The molecule has 0 rings (SSSR count). The van der Waals surface area contributed by atoms with Crippen LogP contribution in [0.25, 0.3) is 0 Å². The van der Waals surface area contributed by atoms with Crippen molar-refractivity contribution in [3.63, 3.8) is 0 Å². The van der Waals surface area contributed by atoms with Crippen molar-refractivity contribution in [2.24, 2.45) is 0 Å². The molecule has 0 aromatic heterocycles. The van der Waals surface area contributed by atoms with Crippen LogP contribution in [-0.4, -0.2) is 24.6 Å². The minimum absolute atomic E-state index is 0.167. The lowest BCUT2D eigenvalue weighted by molar-refractivity contribution is -0.158. The van der Waals surface area contributed by atoms with Crippen molar-refractivity contribution >= 4 is 11.9 Å². The van der Waals surface area contributed by atoms with Gasteiger partial charge in [-0.05, 0) is 19.8 Å². The summed E-state index contributed by atoms with van der Waals surface area (Å²) in [6.07, 6.45) is 37.1. The maximum atomic E-state index is 12.1. The SMILES string of the molecule is CCCCCCCCCCCCCCCCC(=O)OCC(C)OC(=O)CCCCCCCCCCCCCCCC. The Morgan fingerprint density at radius 2 is 0.683 bits per heavy atom. The Hall–Kier alpha value is -1.06. The van der Waals surface area contributed by atoms with Crippen LogP contribution >= 0.6 is 0 Å². The number of esters is 2. The number of ether oxygens (including phenoxy) is 2. The van der Waals surface area contributed by atoms with Gasteiger partial charge in [0.05, 0.1) is 0 Å². The molecular formula is C37H72O4. The molecule has 0 saturated heterocycles. The van der Waals surface area contributed by atoms with Gasteiger partial charge in [-0.25, -0.2) is 0 Å². The van der Waals surface area contributed by atoms with Crippen LogP contribution in [0.15, 0.2) is 0 Å². The van der Waals surface area contributed by atoms with Crippen LogP contribution in [0.3, 0.4) is 0 Å². The summed E-state index contributed by atoms with van der Waals surface area (Å²) < 4.78 is 10.8. The molecule has 0 aliphatic carbocycles. The van der Waals surface area contributed by atoms with Gasteiger partial charge in [0.1, 0.15) is 12.7 Å². The van der Waals surface area contributed by atoms with Gasteiger partial charge in [0.15, 0.2) is 0 Å². The molecule has 0 heterocycles. The molecule has 0 spiro atoms. The van der Waals surface area contributed by atoms with Crippen LogP contribution in [0, 0.1) is 0 Å². The lowest BCUT2D eigenvalue weighted by atomic mass is 10.0. The molecule has 0 amide bonds. The summed E-state index contributed by atoms with van der Waals surface area (Å²) in [4.78, 5) is 24.1. The van der Waals surface area contributed by atoms with Gasteiger partial charge in [-0.2, -0.15) is 0 Å². The van der Waals surface area contributed by atoms with Gasteiger partial charge >= 0.3 is 11.9 Å². The zero-order valence-corrected chi connectivity index (χ0v) is 28.1. The third kappa shape index (κ3) is 33.3. The molecule has 4 heteroatoms. The van der Waals surface area contributed by atoms with Crippen LogP contribution in [0.5, 0.6) is 0 Å². The quantitative estimate of drug-likeness (QED) is 0.0572. The smallest absolute Gasteiger partial charge is 0.306 e. The summed E-state index contributed by atoms with van der Waals surface area (Å²) in [5.74, 6) is -0.335. The first-order valence-electron chi connectivity index (χ1n) is 18.4. The van der Waals surface area contributed by atoms with Gasteiger partial charge < -0.3 is 9.47 Å². The average molecular weight is 581 g/mol. The third-order valence-electron chi connectivity index (χ3n) is 8.28. The van der Waals surface area contributed by atoms with Crippen LogP contribution in [0.1, 0.15) is 213 Å². The first-order valence-corrected chi connectivity index (χ1v) is 18.4. The van der Waals surface area contributed by atoms with Gasteiger partial charge in [0, 0.05) is 12.8 Å². The zero-order valence-electron chi connectivity index (χ0n) is 28.1. The fourth-order valence-corrected chi connectivity index (χ4v) is 5.53. The second-order valence-corrected chi connectivity index (χ2v) is 12.7. The number of carbonyl (C=O) groups is 2. The highest BCUT2D eigenvalue weighted by Gasteiger charge is 2.12. The standard InChI is InChI=1S/C37H72O4/c1-4-6-8-10-12-14-16-18-20-22-24-26-28-30-32-36(38)40-34-35(3)41-37(39)33-31-29-27-25-23-21-19-17-15-13-11-9-7-5-2/h35H,4-34H2,1-3H3. The molecule has 1 unspecified atom stereocenters. The maximum absolute atomic E-state index is 12.1. The molecular weight excluding hydrogens is 508 g/mol. The summed E-state index contributed by atoms with van der Waals surface area (Å²) in [6.45, 7) is 6.52. The summed E-state index contributed by atoms with van der Waals surface area (Å²) in [5.41, 5.74) is 0. The van der Waals surface area contributed by atoms with E-state index in [2.05, 4.69) is 13.8 Å². The van der Waals surface area contributed by atoms with Crippen molar-refractivity contribution in [3.8, 4) is 0 Å². The molecule has 0 fully saturated rings. The Bertz CT molecular complexity index is 547. The van der Waals surface area contributed by atoms with Gasteiger partial charge in [0.25, 0.3) is 0 Å². The van der Waals surface area contributed by atoms with E-state index in [0.717, 1.165) is 25.7 Å². The Labute approximate surface area is 256 Å². The minimum Gasteiger partial charge on any atom is -0.462 e. The fourth-order valence-electron chi connectivity index (χ4n) is 5.53. The third-order valence-corrected chi connectivity index (χ3v) is 8.28. The summed E-state index contributed by atoms with van der Waals surface area (Å²) >= 11 is 0. The molecule has 0 aromatic carbocycles. The van der Waals surface area contributed by atoms with E-state index in [1.165, 1.54) is 154 Å². The number of unbranched alkanes of at least 4 members (excludes halogenated alkanes) is 26. The highest BCUT2D eigenvalue weighted by molar-refractivity contribution is 5.70. The average Bonchev–Trinajstić information content (AvgIpc) is 2.96. The van der Waals surface area contributed by atoms with Crippen LogP contribution in [0.2, 0.25) is 0 Å². The van der Waals surface area contributed by atoms with Gasteiger partial charge in [-0.15, -0.1) is 0 Å². The van der Waals surface area contributed by atoms with Crippen molar-refractivity contribution in [3.05, 3.63) is 0 Å². The van der Waals surface area contributed by atoms with Gasteiger partial charge in [-0.1, -0.05) is 181 Å². The van der Waals surface area contributed by atoms with E-state index in [9.17, 15) is 9.59 Å². The monoisotopic (exact) mass is 581 g/mol. The summed E-state index contributed by atoms with van der Waals surface area (Å²) in [6, 6.07) is 0. The lowest BCUT2D eigenvalue weighted by Gasteiger charge is -2.13. The van der Waals surface area contributed by atoms with Crippen molar-refractivity contribution in [2.45, 2.75) is 219 Å². The molecule has 0 aliphatic rings. The Morgan fingerprint density at radius 1 is 0.415 bits per heavy atom. The number of hydrogen-bond acceptors (Lipinski definition) is 4. The first kappa shape index (κ1) is 39.9. The second-order valence-electron chi connectivity index (χ2n) is 12.7. The molecule has 1 atom stereocenters. The molecule has 0 bridgehead atoms. The molecule has 0 radical (unpaired) electrons. The highest BCUT2D eigenvalue weighted by Crippen LogP contribution is 2.15. The lowest BCUT2D eigenvalue weighted by Crippen LogP contribution is -2.22. The fraction of sp³-hybridized carbons (Fsp3) is 0.946. The van der Waals surface area contributed by atoms with Gasteiger partial charge in [0.2, 0.25) is 0 Å². The molecule has 244 valence electrons. The summed E-state index contributed by atoms with van der Waals surface area (Å²) in [5, 5.41) is 0. The van der Waals surface area contributed by atoms with Crippen LogP contribution in [-0.2, 0) is 19.1 Å². The Balaban J connectivity index is 3.39. The molecule has 0 aliphatic heterocycles. The highest BCUT2D eigenvalue weighted by atomic mass is 16.6. The van der Waals surface area contributed by atoms with E-state index in [-0.39, 0.29) is 24.6 Å². The van der Waals surface area contributed by atoms with Crippen LogP contribution in [0.4, 0.5) is 0 Å². The van der Waals surface area contributed by atoms with Crippen molar-refractivity contribution in [2.75, 3.05) is 6.61 Å². The van der Waals surface area contributed by atoms with E-state index < -0.39 is 0 Å². The Morgan fingerprint density at radius 3 is 1.00 bits per heavy atom. The van der Waals surface area contributed by atoms with Crippen molar-refractivity contribution in [1.82, 2.24) is 0 Å².